The molecule has 2 rings (SSSR count). The van der Waals surface area contributed by atoms with Gasteiger partial charge in [0.2, 0.25) is 0 Å². The van der Waals surface area contributed by atoms with Crippen LogP contribution in [0.1, 0.15) is 68.4 Å². The van der Waals surface area contributed by atoms with Crippen LogP contribution in [0.4, 0.5) is 0 Å². The molecule has 0 fully saturated rings. The Hall–Kier alpha value is -2.09. The third-order valence-corrected chi connectivity index (χ3v) is 4.61. The number of hydrogen-bond donors (Lipinski definition) is 0. The van der Waals surface area contributed by atoms with Crippen molar-refractivity contribution in [1.82, 2.24) is 0 Å². The van der Waals surface area contributed by atoms with Crippen molar-refractivity contribution in [1.29, 1.82) is 0 Å². The summed E-state index contributed by atoms with van der Waals surface area (Å²) < 4.78 is 5.71. The van der Waals surface area contributed by atoms with Crippen molar-refractivity contribution < 1.29 is 9.53 Å². The van der Waals surface area contributed by atoms with Crippen molar-refractivity contribution in [3.63, 3.8) is 0 Å². The van der Waals surface area contributed by atoms with E-state index < -0.39 is 0 Å². The van der Waals surface area contributed by atoms with Gasteiger partial charge in [0.15, 0.2) is 0 Å². The van der Waals surface area contributed by atoms with E-state index in [4.69, 9.17) is 4.74 Å². The zero-order valence-corrected chi connectivity index (χ0v) is 16.3. The summed E-state index contributed by atoms with van der Waals surface area (Å²) >= 11 is 0. The van der Waals surface area contributed by atoms with Gasteiger partial charge in [-0.15, -0.1) is 0 Å². The van der Waals surface area contributed by atoms with Crippen LogP contribution in [0.2, 0.25) is 0 Å². The first-order valence-electron chi connectivity index (χ1n) is 9.41. The first-order valence-corrected chi connectivity index (χ1v) is 9.41. The van der Waals surface area contributed by atoms with Crippen LogP contribution >= 0.6 is 0 Å². The molecule has 0 aliphatic rings. The molecule has 136 valence electrons. The summed E-state index contributed by atoms with van der Waals surface area (Å²) in [5.41, 5.74) is 3.06. The van der Waals surface area contributed by atoms with Gasteiger partial charge < -0.3 is 4.74 Å². The molecule has 2 aromatic carbocycles. The molecule has 0 bridgehead atoms. The highest BCUT2D eigenvalue weighted by molar-refractivity contribution is 5.89. The van der Waals surface area contributed by atoms with E-state index in [-0.39, 0.29) is 11.4 Å². The zero-order chi connectivity index (χ0) is 18.7. The second kappa shape index (κ2) is 10.7. The molecule has 0 spiro atoms. The molecule has 0 aromatic heterocycles. The van der Waals surface area contributed by atoms with Crippen molar-refractivity contribution in [2.75, 3.05) is 6.61 Å². The van der Waals surface area contributed by atoms with Crippen LogP contribution in [0, 0.1) is 6.92 Å². The molecule has 2 nitrogen and oxygen atoms in total. The molecule has 0 saturated carbocycles. The van der Waals surface area contributed by atoms with Gasteiger partial charge in [0.1, 0.15) is 6.61 Å². The van der Waals surface area contributed by atoms with E-state index in [1.807, 2.05) is 32.0 Å². The predicted octanol–water partition coefficient (Wildman–Crippen LogP) is 6.33. The van der Waals surface area contributed by atoms with Crippen LogP contribution in [0.25, 0.3) is 0 Å². The van der Waals surface area contributed by atoms with Crippen molar-refractivity contribution in [3.05, 3.63) is 71.3 Å². The maximum Gasteiger partial charge on any atom is 0.338 e. The lowest BCUT2D eigenvalue weighted by Gasteiger charge is -2.34. The summed E-state index contributed by atoms with van der Waals surface area (Å²) in [5, 5.41) is 0. The van der Waals surface area contributed by atoms with Crippen LogP contribution in [0.5, 0.6) is 0 Å². The van der Waals surface area contributed by atoms with Crippen molar-refractivity contribution in [3.8, 4) is 0 Å². The summed E-state index contributed by atoms with van der Waals surface area (Å²) in [4.78, 5) is 12.3. The van der Waals surface area contributed by atoms with Crippen LogP contribution in [0.15, 0.2) is 54.6 Å². The quantitative estimate of drug-likeness (QED) is 0.551. The summed E-state index contributed by atoms with van der Waals surface area (Å²) in [6, 6.07) is 17.6. The third kappa shape index (κ3) is 5.45. The fourth-order valence-corrected chi connectivity index (χ4v) is 3.26. The van der Waals surface area contributed by atoms with Gasteiger partial charge in [-0.2, -0.15) is 0 Å². The second-order valence-corrected chi connectivity index (χ2v) is 6.14. The molecule has 0 N–H and O–H groups in total. The molecule has 2 aromatic rings. The van der Waals surface area contributed by atoms with Crippen LogP contribution < -0.4 is 0 Å². The minimum absolute atomic E-state index is 0.107. The maximum absolute atomic E-state index is 12.3. The van der Waals surface area contributed by atoms with E-state index in [2.05, 4.69) is 45.0 Å². The number of benzene rings is 2. The second-order valence-electron chi connectivity index (χ2n) is 6.14. The molecule has 0 aliphatic heterocycles. The Morgan fingerprint density at radius 3 is 2.12 bits per heavy atom. The van der Waals surface area contributed by atoms with E-state index in [1.54, 1.807) is 12.1 Å². The Kier molecular flexibility index (Phi) is 8.98. The minimum atomic E-state index is -0.242. The number of carbonyl (C=O) groups excluding carboxylic acids is 1. The summed E-state index contributed by atoms with van der Waals surface area (Å²) in [6.07, 6.45) is 3.02. The van der Waals surface area contributed by atoms with Crippen molar-refractivity contribution in [2.45, 2.75) is 59.3 Å². The van der Waals surface area contributed by atoms with E-state index in [0.29, 0.717) is 12.2 Å². The van der Waals surface area contributed by atoms with Gasteiger partial charge in [0, 0.05) is 5.41 Å². The fraction of sp³-hybridized carbons (Fsp3) is 0.435. The summed E-state index contributed by atoms with van der Waals surface area (Å²) in [6.45, 7) is 10.9. The van der Waals surface area contributed by atoms with E-state index in [1.165, 1.54) is 11.1 Å². The Bertz CT molecular complexity index is 634. The van der Waals surface area contributed by atoms with Crippen LogP contribution in [-0.4, -0.2) is 12.6 Å². The molecule has 0 radical (unpaired) electrons. The standard InChI is InChI=1S/C21H26O2.C2H6/c1-4-15-21(5-2,19-14-10-9-11-17(19)3)16-23-20(22)18-12-7-6-8-13-18;1-2/h6-14H,4-5,15-16H2,1-3H3;1-2H3/t21-;/m0./s1. The Morgan fingerprint density at radius 1 is 0.960 bits per heavy atom. The number of aryl methyl sites for hydroxylation is 1. The largest absolute Gasteiger partial charge is 0.461 e. The lowest BCUT2D eigenvalue weighted by Crippen LogP contribution is -2.33. The number of carbonyl (C=O) groups is 1. The fourth-order valence-electron chi connectivity index (χ4n) is 3.26. The molecule has 1 atom stereocenters. The first kappa shape index (κ1) is 21.0. The summed E-state index contributed by atoms with van der Waals surface area (Å²) in [5.74, 6) is -0.242. The Morgan fingerprint density at radius 2 is 1.56 bits per heavy atom. The first-order chi connectivity index (χ1) is 12.1. The molecule has 25 heavy (non-hydrogen) atoms. The smallest absolute Gasteiger partial charge is 0.338 e. The highest BCUT2D eigenvalue weighted by atomic mass is 16.5. The molecule has 0 amide bonds. The highest BCUT2D eigenvalue weighted by Gasteiger charge is 2.32. The lowest BCUT2D eigenvalue weighted by atomic mass is 9.73. The van der Waals surface area contributed by atoms with Gasteiger partial charge in [0.05, 0.1) is 5.56 Å². The molecule has 0 saturated heterocycles. The monoisotopic (exact) mass is 340 g/mol. The number of esters is 1. The number of ether oxygens (including phenoxy) is 1. The van der Waals surface area contributed by atoms with E-state index >= 15 is 0 Å². The summed E-state index contributed by atoms with van der Waals surface area (Å²) in [7, 11) is 0. The average molecular weight is 341 g/mol. The van der Waals surface area contributed by atoms with Crippen LogP contribution in [0.3, 0.4) is 0 Å². The van der Waals surface area contributed by atoms with Gasteiger partial charge in [-0.05, 0) is 43.0 Å². The van der Waals surface area contributed by atoms with Gasteiger partial charge in [0.25, 0.3) is 0 Å². The topological polar surface area (TPSA) is 26.3 Å². The zero-order valence-electron chi connectivity index (χ0n) is 16.3. The van der Waals surface area contributed by atoms with Gasteiger partial charge >= 0.3 is 5.97 Å². The predicted molar refractivity (Wildman–Crippen MR) is 106 cm³/mol. The molecular weight excluding hydrogens is 308 g/mol. The van der Waals surface area contributed by atoms with Crippen molar-refractivity contribution >= 4 is 5.97 Å². The van der Waals surface area contributed by atoms with E-state index in [0.717, 1.165) is 19.3 Å². The molecule has 2 heteroatoms. The third-order valence-electron chi connectivity index (χ3n) is 4.61. The molecule has 0 unspecified atom stereocenters. The molecular formula is C23H32O2. The molecule has 0 aliphatic carbocycles. The minimum Gasteiger partial charge on any atom is -0.461 e. The Balaban J connectivity index is 0.00000151. The van der Waals surface area contributed by atoms with Gasteiger partial charge in [-0.25, -0.2) is 4.79 Å². The highest BCUT2D eigenvalue weighted by Crippen LogP contribution is 2.35. The number of rotatable bonds is 7. The van der Waals surface area contributed by atoms with E-state index in [9.17, 15) is 4.79 Å². The SMILES string of the molecule is CC.CCC[C@@](CC)(COC(=O)c1ccccc1)c1ccccc1C. The lowest BCUT2D eigenvalue weighted by molar-refractivity contribution is 0.0381. The Labute approximate surface area is 153 Å². The van der Waals surface area contributed by atoms with Gasteiger partial charge in [-0.3, -0.25) is 0 Å². The molecule has 0 heterocycles. The van der Waals surface area contributed by atoms with Crippen molar-refractivity contribution in [2.24, 2.45) is 0 Å². The average Bonchev–Trinajstić information content (AvgIpc) is 2.68. The van der Waals surface area contributed by atoms with Crippen LogP contribution in [-0.2, 0) is 10.2 Å². The number of hydrogen-bond acceptors (Lipinski definition) is 2. The normalized spacial score (nSPS) is 12.5. The maximum atomic E-state index is 12.3. The van der Waals surface area contributed by atoms with Gasteiger partial charge in [-0.1, -0.05) is 76.6 Å².